The van der Waals surface area contributed by atoms with Gasteiger partial charge in [0.15, 0.2) is 11.6 Å². The first-order valence-electron chi connectivity index (χ1n) is 4.07. The van der Waals surface area contributed by atoms with Crippen LogP contribution in [0, 0.1) is 11.6 Å². The monoisotopic (exact) mass is 274 g/mol. The molecule has 0 atom stereocenters. The summed E-state index contributed by atoms with van der Waals surface area (Å²) in [5.41, 5.74) is 0.574. The Morgan fingerprint density at radius 2 is 2.07 bits per heavy atom. The van der Waals surface area contributed by atoms with Gasteiger partial charge in [0.05, 0.1) is 6.42 Å². The molecule has 78 valence electrons. The summed E-state index contributed by atoms with van der Waals surface area (Å²) in [7, 11) is 0. The molecule has 15 heavy (non-hydrogen) atoms. The summed E-state index contributed by atoms with van der Waals surface area (Å²) < 4.78 is 30.6. The molecule has 2 rings (SSSR count). The average Bonchev–Trinajstić information content (AvgIpc) is 2.58. The smallest absolute Gasteiger partial charge is 0.238 e. The van der Waals surface area contributed by atoms with Gasteiger partial charge in [-0.25, -0.2) is 8.78 Å². The zero-order valence-corrected chi connectivity index (χ0v) is 8.96. The predicted octanol–water partition coefficient (Wildman–Crippen LogP) is 2.70. The van der Waals surface area contributed by atoms with Crippen LogP contribution in [0.4, 0.5) is 8.78 Å². The predicted molar refractivity (Wildman–Crippen MR) is 51.2 cm³/mol. The Morgan fingerprint density at radius 1 is 1.27 bits per heavy atom. The summed E-state index contributed by atoms with van der Waals surface area (Å²) in [5, 5.41) is 3.52. The Morgan fingerprint density at radius 3 is 2.67 bits per heavy atom. The number of halogens is 3. The van der Waals surface area contributed by atoms with Crippen LogP contribution < -0.4 is 0 Å². The number of aromatic nitrogens is 2. The molecule has 0 unspecified atom stereocenters. The Balaban J connectivity index is 2.21. The quantitative estimate of drug-likeness (QED) is 0.845. The Labute approximate surface area is 92.2 Å². The molecule has 0 aliphatic carbocycles. The number of hydrogen-bond acceptors (Lipinski definition) is 3. The molecular weight excluding hydrogens is 270 g/mol. The maximum absolute atomic E-state index is 12.8. The molecule has 0 aliphatic rings. The van der Waals surface area contributed by atoms with Crippen molar-refractivity contribution in [2.24, 2.45) is 0 Å². The third-order valence-electron chi connectivity index (χ3n) is 1.78. The normalized spacial score (nSPS) is 10.6. The van der Waals surface area contributed by atoms with Crippen LogP contribution in [-0.4, -0.2) is 10.1 Å². The Hall–Kier alpha value is -1.30. The highest BCUT2D eigenvalue weighted by atomic mass is 79.9. The molecule has 3 nitrogen and oxygen atoms in total. The van der Waals surface area contributed by atoms with Crippen LogP contribution in [-0.2, 0) is 6.42 Å². The summed E-state index contributed by atoms with van der Waals surface area (Å²) in [5.74, 6) is -1.41. The fourth-order valence-electron chi connectivity index (χ4n) is 1.13. The van der Waals surface area contributed by atoms with Gasteiger partial charge in [0, 0.05) is 0 Å². The second kappa shape index (κ2) is 4.06. The van der Waals surface area contributed by atoms with Gasteiger partial charge in [-0.1, -0.05) is 6.07 Å². The molecule has 0 spiro atoms. The highest BCUT2D eigenvalue weighted by Gasteiger charge is 2.07. The van der Waals surface area contributed by atoms with E-state index in [0.717, 1.165) is 12.1 Å². The summed E-state index contributed by atoms with van der Waals surface area (Å²) in [4.78, 5) is 3.88. The van der Waals surface area contributed by atoms with E-state index in [4.69, 9.17) is 4.52 Å². The Bertz CT molecular complexity index is 487. The highest BCUT2D eigenvalue weighted by Crippen LogP contribution is 2.13. The van der Waals surface area contributed by atoms with Crippen LogP contribution in [0.1, 0.15) is 11.5 Å². The van der Waals surface area contributed by atoms with Crippen LogP contribution in [0.5, 0.6) is 0 Å². The van der Waals surface area contributed by atoms with E-state index in [1.54, 1.807) is 0 Å². The van der Waals surface area contributed by atoms with Crippen LogP contribution >= 0.6 is 15.9 Å². The van der Waals surface area contributed by atoms with E-state index in [2.05, 4.69) is 26.1 Å². The van der Waals surface area contributed by atoms with E-state index in [1.165, 1.54) is 6.07 Å². The highest BCUT2D eigenvalue weighted by molar-refractivity contribution is 9.10. The third kappa shape index (κ3) is 2.38. The van der Waals surface area contributed by atoms with Crippen molar-refractivity contribution in [2.75, 3.05) is 0 Å². The fraction of sp³-hybridized carbons (Fsp3) is 0.111. The van der Waals surface area contributed by atoms with Crippen molar-refractivity contribution in [3.63, 3.8) is 0 Å². The van der Waals surface area contributed by atoms with Crippen LogP contribution in [0.15, 0.2) is 27.5 Å². The van der Waals surface area contributed by atoms with E-state index in [1.807, 2.05) is 0 Å². The van der Waals surface area contributed by atoms with E-state index < -0.39 is 11.6 Å². The van der Waals surface area contributed by atoms with Crippen molar-refractivity contribution in [3.8, 4) is 0 Å². The summed E-state index contributed by atoms with van der Waals surface area (Å²) in [6.07, 6.45) is 0.274. The topological polar surface area (TPSA) is 38.9 Å². The number of hydrogen-bond donors (Lipinski definition) is 0. The van der Waals surface area contributed by atoms with E-state index in [0.29, 0.717) is 16.2 Å². The molecule has 1 aromatic heterocycles. The van der Waals surface area contributed by atoms with Crippen LogP contribution in [0.3, 0.4) is 0 Å². The zero-order chi connectivity index (χ0) is 10.8. The van der Waals surface area contributed by atoms with E-state index >= 15 is 0 Å². The maximum atomic E-state index is 12.8. The molecule has 0 radical (unpaired) electrons. The van der Waals surface area contributed by atoms with Crippen molar-refractivity contribution in [3.05, 3.63) is 46.0 Å². The van der Waals surface area contributed by atoms with Crippen LogP contribution in [0.2, 0.25) is 0 Å². The number of rotatable bonds is 2. The fourth-order valence-corrected chi connectivity index (χ4v) is 1.40. The van der Waals surface area contributed by atoms with Gasteiger partial charge in [0.1, 0.15) is 0 Å². The van der Waals surface area contributed by atoms with Crippen molar-refractivity contribution in [1.29, 1.82) is 0 Å². The van der Waals surface area contributed by atoms with E-state index in [9.17, 15) is 8.78 Å². The van der Waals surface area contributed by atoms with Gasteiger partial charge in [-0.3, -0.25) is 0 Å². The molecule has 0 aliphatic heterocycles. The molecule has 0 saturated heterocycles. The maximum Gasteiger partial charge on any atom is 0.238 e. The lowest BCUT2D eigenvalue weighted by Crippen LogP contribution is -1.91. The molecule has 0 N–H and O–H groups in total. The first-order valence-corrected chi connectivity index (χ1v) is 4.86. The zero-order valence-electron chi connectivity index (χ0n) is 7.38. The molecule has 0 amide bonds. The minimum atomic E-state index is -0.883. The summed E-state index contributed by atoms with van der Waals surface area (Å²) in [6, 6.07) is 3.64. The molecule has 1 aromatic carbocycles. The van der Waals surface area contributed by atoms with Gasteiger partial charge < -0.3 is 4.52 Å². The average molecular weight is 275 g/mol. The molecule has 6 heteroatoms. The molecular formula is C9H5BrF2N2O. The van der Waals surface area contributed by atoms with Gasteiger partial charge in [0.2, 0.25) is 10.6 Å². The molecule has 0 saturated carbocycles. The third-order valence-corrected chi connectivity index (χ3v) is 2.10. The first kappa shape index (κ1) is 10.2. The van der Waals surface area contributed by atoms with Gasteiger partial charge in [-0.2, -0.15) is 4.98 Å². The van der Waals surface area contributed by atoms with Crippen LogP contribution in [0.25, 0.3) is 0 Å². The van der Waals surface area contributed by atoms with Gasteiger partial charge in [-0.05, 0) is 38.8 Å². The Kier molecular flexibility index (Phi) is 2.77. The van der Waals surface area contributed by atoms with E-state index in [-0.39, 0.29) is 6.42 Å². The number of nitrogens with zero attached hydrogens (tertiary/aromatic N) is 2. The summed E-state index contributed by atoms with van der Waals surface area (Å²) >= 11 is 3.02. The lowest BCUT2D eigenvalue weighted by molar-refractivity contribution is 0.381. The minimum Gasteiger partial charge on any atom is -0.338 e. The largest absolute Gasteiger partial charge is 0.338 e. The standard InChI is InChI=1S/C9H5BrF2N2O/c10-9-13-8(15-14-9)4-5-1-2-6(11)7(12)3-5/h1-3H,4H2. The SMILES string of the molecule is Fc1ccc(Cc2nc(Br)no2)cc1F. The van der Waals surface area contributed by atoms with Crippen molar-refractivity contribution < 1.29 is 13.3 Å². The van der Waals surface area contributed by atoms with Gasteiger partial charge in [-0.15, -0.1) is 0 Å². The second-order valence-electron chi connectivity index (χ2n) is 2.88. The van der Waals surface area contributed by atoms with Gasteiger partial charge in [0.25, 0.3) is 0 Å². The lowest BCUT2D eigenvalue weighted by Gasteiger charge is -1.97. The van der Waals surface area contributed by atoms with Crippen molar-refractivity contribution in [2.45, 2.75) is 6.42 Å². The molecule has 0 fully saturated rings. The number of benzene rings is 1. The lowest BCUT2D eigenvalue weighted by atomic mass is 10.1. The molecule has 2 aromatic rings. The molecule has 0 bridgehead atoms. The van der Waals surface area contributed by atoms with Crippen molar-refractivity contribution >= 4 is 15.9 Å². The minimum absolute atomic E-state index is 0.274. The van der Waals surface area contributed by atoms with Gasteiger partial charge >= 0.3 is 0 Å². The first-order chi connectivity index (χ1) is 7.15. The summed E-state index contributed by atoms with van der Waals surface area (Å²) in [6.45, 7) is 0. The van der Waals surface area contributed by atoms with Crippen molar-refractivity contribution in [1.82, 2.24) is 10.1 Å². The molecule has 1 heterocycles. The second-order valence-corrected chi connectivity index (χ2v) is 3.59.